The van der Waals surface area contributed by atoms with Gasteiger partial charge in [0.15, 0.2) is 11.4 Å². The molecule has 1 aromatic carbocycles. The van der Waals surface area contributed by atoms with Gasteiger partial charge in [-0.1, -0.05) is 18.2 Å². The number of benzene rings is 1. The highest BCUT2D eigenvalue weighted by Crippen LogP contribution is 2.20. The zero-order valence-corrected chi connectivity index (χ0v) is 10.5. The van der Waals surface area contributed by atoms with Gasteiger partial charge >= 0.3 is 5.97 Å². The van der Waals surface area contributed by atoms with Crippen LogP contribution in [0.4, 0.5) is 5.69 Å². The number of aromatic amines is 1. The predicted octanol–water partition coefficient (Wildman–Crippen LogP) is 1.69. The Balaban J connectivity index is 2.37. The zero-order valence-electron chi connectivity index (χ0n) is 10.5. The number of para-hydroxylation sites is 1. The molecule has 2 rings (SSSR count). The number of carboxylic acids is 1. The van der Waals surface area contributed by atoms with Gasteiger partial charge in [-0.2, -0.15) is 0 Å². The molecule has 1 aromatic heterocycles. The third-order valence-corrected chi connectivity index (χ3v) is 2.84. The molecule has 0 atom stereocenters. The summed E-state index contributed by atoms with van der Waals surface area (Å²) in [5, 5.41) is 8.97. The summed E-state index contributed by atoms with van der Waals surface area (Å²) in [6, 6.07) is 7.35. The number of hydrogen-bond donors (Lipinski definition) is 2. The van der Waals surface area contributed by atoms with Gasteiger partial charge < -0.3 is 15.0 Å². The molecule has 6 heteroatoms. The van der Waals surface area contributed by atoms with Crippen molar-refractivity contribution < 1.29 is 14.7 Å². The number of H-pyrrole nitrogens is 1. The molecule has 0 aliphatic heterocycles. The van der Waals surface area contributed by atoms with E-state index in [1.54, 1.807) is 13.1 Å². The van der Waals surface area contributed by atoms with E-state index in [9.17, 15) is 9.59 Å². The minimum atomic E-state index is -1.21. The van der Waals surface area contributed by atoms with Gasteiger partial charge in [0.2, 0.25) is 0 Å². The number of rotatable bonds is 3. The molecule has 2 N–H and O–H groups in total. The van der Waals surface area contributed by atoms with E-state index in [1.165, 1.54) is 11.2 Å². The molecule has 0 spiro atoms. The molecule has 0 radical (unpaired) electrons. The number of nitrogens with one attached hydrogen (secondary N) is 1. The average Bonchev–Trinajstić information content (AvgIpc) is 2.87. The van der Waals surface area contributed by atoms with Gasteiger partial charge in [-0.3, -0.25) is 4.79 Å². The maximum Gasteiger partial charge on any atom is 0.354 e. The lowest BCUT2D eigenvalue weighted by molar-refractivity contribution is 0.0686. The predicted molar refractivity (Wildman–Crippen MR) is 69.5 cm³/mol. The second-order valence-electron chi connectivity index (χ2n) is 4.08. The third kappa shape index (κ3) is 2.33. The molecule has 1 heterocycles. The number of carboxylic acid groups (broad SMARTS) is 1. The van der Waals surface area contributed by atoms with Crippen LogP contribution in [0, 0.1) is 6.92 Å². The van der Waals surface area contributed by atoms with Crippen LogP contribution in [-0.4, -0.2) is 34.0 Å². The minimum Gasteiger partial charge on any atom is -0.477 e. The van der Waals surface area contributed by atoms with Crippen LogP contribution in [0.25, 0.3) is 0 Å². The summed E-state index contributed by atoms with van der Waals surface area (Å²) in [6.45, 7) is 1.88. The van der Waals surface area contributed by atoms with E-state index in [2.05, 4.69) is 9.97 Å². The number of aryl methyl sites for hydroxylation is 1. The Kier molecular flexibility index (Phi) is 3.33. The second kappa shape index (κ2) is 4.93. The Morgan fingerprint density at radius 1 is 1.32 bits per heavy atom. The highest BCUT2D eigenvalue weighted by molar-refractivity contribution is 6.09. The van der Waals surface area contributed by atoms with Crippen molar-refractivity contribution in [3.63, 3.8) is 0 Å². The van der Waals surface area contributed by atoms with E-state index in [-0.39, 0.29) is 11.4 Å². The van der Waals surface area contributed by atoms with Crippen LogP contribution in [0.3, 0.4) is 0 Å². The fraction of sp³-hybridized carbons (Fsp3) is 0.154. The lowest BCUT2D eigenvalue weighted by atomic mass is 10.1. The van der Waals surface area contributed by atoms with Crippen LogP contribution >= 0.6 is 0 Å². The number of imidazole rings is 1. The van der Waals surface area contributed by atoms with Crippen molar-refractivity contribution in [2.24, 2.45) is 0 Å². The van der Waals surface area contributed by atoms with Crippen molar-refractivity contribution in [3.8, 4) is 0 Å². The van der Waals surface area contributed by atoms with Gasteiger partial charge in [-0.15, -0.1) is 0 Å². The summed E-state index contributed by atoms with van der Waals surface area (Å²) < 4.78 is 0. The van der Waals surface area contributed by atoms with Gasteiger partial charge in [0.05, 0.1) is 6.33 Å². The van der Waals surface area contributed by atoms with Crippen molar-refractivity contribution in [1.82, 2.24) is 9.97 Å². The number of amides is 1. The van der Waals surface area contributed by atoms with Crippen molar-refractivity contribution >= 4 is 17.6 Å². The number of aromatic nitrogens is 2. The van der Waals surface area contributed by atoms with Crippen molar-refractivity contribution in [3.05, 3.63) is 47.5 Å². The average molecular weight is 259 g/mol. The van der Waals surface area contributed by atoms with Gasteiger partial charge in [0, 0.05) is 12.7 Å². The van der Waals surface area contributed by atoms with Crippen LogP contribution in [0.1, 0.15) is 26.5 Å². The fourth-order valence-corrected chi connectivity index (χ4v) is 1.83. The first-order valence-corrected chi connectivity index (χ1v) is 5.62. The Morgan fingerprint density at radius 2 is 2.00 bits per heavy atom. The van der Waals surface area contributed by atoms with E-state index < -0.39 is 11.9 Å². The number of carbonyl (C=O) groups excluding carboxylic acids is 1. The SMILES string of the molecule is Cc1ccccc1N(C)C(=O)c1nc[nH]c1C(=O)O. The first-order valence-electron chi connectivity index (χ1n) is 5.62. The Bertz CT molecular complexity index is 634. The topological polar surface area (TPSA) is 86.3 Å². The summed E-state index contributed by atoms with van der Waals surface area (Å²) in [5.74, 6) is -1.67. The van der Waals surface area contributed by atoms with Crippen molar-refractivity contribution in [1.29, 1.82) is 0 Å². The quantitative estimate of drug-likeness (QED) is 0.878. The normalized spacial score (nSPS) is 10.2. The monoisotopic (exact) mass is 259 g/mol. The van der Waals surface area contributed by atoms with Crippen molar-refractivity contribution in [2.45, 2.75) is 6.92 Å². The molecule has 0 unspecified atom stereocenters. The largest absolute Gasteiger partial charge is 0.477 e. The maximum atomic E-state index is 12.3. The number of anilines is 1. The van der Waals surface area contributed by atoms with Gasteiger partial charge in [0.25, 0.3) is 5.91 Å². The van der Waals surface area contributed by atoms with Crippen LogP contribution in [0.2, 0.25) is 0 Å². The molecule has 0 bridgehead atoms. The summed E-state index contributed by atoms with van der Waals surface area (Å²) in [4.78, 5) is 30.9. The van der Waals surface area contributed by atoms with Gasteiger partial charge in [-0.25, -0.2) is 9.78 Å². The lowest BCUT2D eigenvalue weighted by Gasteiger charge is -2.18. The van der Waals surface area contributed by atoms with Crippen molar-refractivity contribution in [2.75, 3.05) is 11.9 Å². The molecule has 19 heavy (non-hydrogen) atoms. The van der Waals surface area contributed by atoms with E-state index in [0.717, 1.165) is 5.56 Å². The lowest BCUT2D eigenvalue weighted by Crippen LogP contribution is -2.28. The molecule has 1 amide bonds. The molecule has 0 saturated carbocycles. The van der Waals surface area contributed by atoms with E-state index in [4.69, 9.17) is 5.11 Å². The van der Waals surface area contributed by atoms with E-state index >= 15 is 0 Å². The first-order chi connectivity index (χ1) is 9.02. The molecule has 2 aromatic rings. The van der Waals surface area contributed by atoms with E-state index in [1.807, 2.05) is 25.1 Å². The van der Waals surface area contributed by atoms with E-state index in [0.29, 0.717) is 5.69 Å². The standard InChI is InChI=1S/C13H13N3O3/c1-8-5-3-4-6-9(8)16(2)12(17)10-11(13(18)19)15-7-14-10/h3-7H,1-2H3,(H,14,15)(H,18,19). The third-order valence-electron chi connectivity index (χ3n) is 2.84. The summed E-state index contributed by atoms with van der Waals surface area (Å²) in [6.07, 6.45) is 1.20. The summed E-state index contributed by atoms with van der Waals surface area (Å²) in [5.41, 5.74) is 1.33. The minimum absolute atomic E-state index is 0.0988. The summed E-state index contributed by atoms with van der Waals surface area (Å²) in [7, 11) is 1.59. The molecule has 6 nitrogen and oxygen atoms in total. The van der Waals surface area contributed by atoms with Crippen LogP contribution in [0.5, 0.6) is 0 Å². The van der Waals surface area contributed by atoms with Crippen LogP contribution in [0.15, 0.2) is 30.6 Å². The molecule has 0 aliphatic carbocycles. The fourth-order valence-electron chi connectivity index (χ4n) is 1.83. The smallest absolute Gasteiger partial charge is 0.354 e. The highest BCUT2D eigenvalue weighted by atomic mass is 16.4. The molecular formula is C13H13N3O3. The molecule has 0 fully saturated rings. The molecular weight excluding hydrogens is 246 g/mol. The number of carbonyl (C=O) groups is 2. The molecule has 0 aliphatic rings. The second-order valence-corrected chi connectivity index (χ2v) is 4.08. The van der Waals surface area contributed by atoms with Gasteiger partial charge in [-0.05, 0) is 18.6 Å². The Hall–Kier alpha value is -2.63. The Morgan fingerprint density at radius 3 is 2.63 bits per heavy atom. The Labute approximate surface area is 109 Å². The van der Waals surface area contributed by atoms with Crippen LogP contribution < -0.4 is 4.90 Å². The van der Waals surface area contributed by atoms with Gasteiger partial charge in [0.1, 0.15) is 0 Å². The number of hydrogen-bond acceptors (Lipinski definition) is 3. The zero-order chi connectivity index (χ0) is 14.0. The highest BCUT2D eigenvalue weighted by Gasteiger charge is 2.23. The first kappa shape index (κ1) is 12.8. The number of nitrogens with zero attached hydrogens (tertiary/aromatic N) is 2. The summed E-state index contributed by atoms with van der Waals surface area (Å²) >= 11 is 0. The van der Waals surface area contributed by atoms with Crippen LogP contribution in [-0.2, 0) is 0 Å². The molecule has 0 saturated heterocycles. The molecule has 98 valence electrons. The maximum absolute atomic E-state index is 12.3. The number of aromatic carboxylic acids is 1.